The number of ether oxygens (including phenoxy) is 1. The molecule has 5 nitrogen and oxygen atoms in total. The number of nitrogens with zero attached hydrogens (tertiary/aromatic N) is 3. The van der Waals surface area contributed by atoms with E-state index < -0.39 is 0 Å². The zero-order chi connectivity index (χ0) is 16.7. The fraction of sp³-hybridized carbons (Fsp3) is 0.412. The summed E-state index contributed by atoms with van der Waals surface area (Å²) in [6, 6.07) is 8.03. The summed E-state index contributed by atoms with van der Waals surface area (Å²) in [5.41, 5.74) is 2.18. The van der Waals surface area contributed by atoms with Crippen molar-refractivity contribution in [2.24, 2.45) is 4.99 Å². The highest BCUT2D eigenvalue weighted by Crippen LogP contribution is 2.18. The first-order valence-corrected chi connectivity index (χ1v) is 8.52. The zero-order valence-corrected chi connectivity index (χ0v) is 17.7. The predicted molar refractivity (Wildman–Crippen MR) is 112 cm³/mol. The van der Waals surface area contributed by atoms with Gasteiger partial charge in [0, 0.05) is 31.6 Å². The van der Waals surface area contributed by atoms with Crippen molar-refractivity contribution in [1.29, 1.82) is 0 Å². The van der Waals surface area contributed by atoms with Crippen LogP contribution in [-0.2, 0) is 19.5 Å². The number of methoxy groups -OCH3 is 1. The Morgan fingerprint density at radius 1 is 1.38 bits per heavy atom. The lowest BCUT2D eigenvalue weighted by atomic mass is 10.2. The number of aliphatic imine (C=N–C) groups is 1. The van der Waals surface area contributed by atoms with Crippen molar-refractivity contribution in [3.05, 3.63) is 45.9 Å². The van der Waals surface area contributed by atoms with Gasteiger partial charge in [0.2, 0.25) is 0 Å². The average molecular weight is 460 g/mol. The Kier molecular flexibility index (Phi) is 9.05. The van der Waals surface area contributed by atoms with Gasteiger partial charge in [-0.05, 0) is 12.5 Å². The summed E-state index contributed by atoms with van der Waals surface area (Å²) >= 11 is 1.70. The standard InChI is InChI=1S/C17H24N4OS.HI/c1-5-16-20-14(12-23-16)10-19-17(18-2)21(3)11-13-8-6-7-9-15(13)22-4;/h6-9,12H,5,10-11H2,1-4H3,(H,18,19);1H. The Bertz CT molecular complexity index is 660. The SMILES string of the molecule is CCc1nc(CNC(=NC)N(C)Cc2ccccc2OC)cs1.I. The molecular formula is C17H25IN4OS. The van der Waals surface area contributed by atoms with E-state index in [-0.39, 0.29) is 24.0 Å². The number of hydrogen-bond donors (Lipinski definition) is 1. The third kappa shape index (κ3) is 5.62. The number of hydrogen-bond acceptors (Lipinski definition) is 4. The van der Waals surface area contributed by atoms with Crippen molar-refractivity contribution in [1.82, 2.24) is 15.2 Å². The molecule has 7 heteroatoms. The Balaban J connectivity index is 0.00000288. The molecular weight excluding hydrogens is 435 g/mol. The normalized spacial score (nSPS) is 10.9. The van der Waals surface area contributed by atoms with Crippen molar-refractivity contribution in [3.8, 4) is 5.75 Å². The maximum atomic E-state index is 5.41. The quantitative estimate of drug-likeness (QED) is 0.407. The highest BCUT2D eigenvalue weighted by atomic mass is 127. The monoisotopic (exact) mass is 460 g/mol. The molecule has 0 amide bonds. The smallest absolute Gasteiger partial charge is 0.194 e. The van der Waals surface area contributed by atoms with Gasteiger partial charge in [-0.1, -0.05) is 25.1 Å². The first kappa shape index (κ1) is 20.7. The van der Waals surface area contributed by atoms with Crippen LogP contribution in [0, 0.1) is 0 Å². The van der Waals surface area contributed by atoms with E-state index in [0.717, 1.165) is 35.9 Å². The highest BCUT2D eigenvalue weighted by molar-refractivity contribution is 14.0. The lowest BCUT2D eigenvalue weighted by Gasteiger charge is -2.22. The van der Waals surface area contributed by atoms with Crippen LogP contribution in [0.25, 0.3) is 0 Å². The lowest BCUT2D eigenvalue weighted by Crippen LogP contribution is -2.38. The molecule has 0 saturated carbocycles. The topological polar surface area (TPSA) is 49.8 Å². The lowest BCUT2D eigenvalue weighted by molar-refractivity contribution is 0.396. The van der Waals surface area contributed by atoms with Gasteiger partial charge in [-0.3, -0.25) is 4.99 Å². The largest absolute Gasteiger partial charge is 0.496 e. The van der Waals surface area contributed by atoms with Gasteiger partial charge in [-0.15, -0.1) is 35.3 Å². The van der Waals surface area contributed by atoms with Gasteiger partial charge < -0.3 is 15.0 Å². The molecule has 132 valence electrons. The minimum atomic E-state index is 0. The first-order valence-electron chi connectivity index (χ1n) is 7.64. The fourth-order valence-corrected chi connectivity index (χ4v) is 3.06. The van der Waals surface area contributed by atoms with Crippen LogP contribution in [0.1, 0.15) is 23.2 Å². The minimum Gasteiger partial charge on any atom is -0.496 e. The number of halogens is 1. The molecule has 1 aromatic heterocycles. The van der Waals surface area contributed by atoms with E-state index in [1.54, 1.807) is 25.5 Å². The second kappa shape index (κ2) is 10.5. The third-order valence-corrected chi connectivity index (χ3v) is 4.54. The van der Waals surface area contributed by atoms with E-state index in [0.29, 0.717) is 6.54 Å². The molecule has 2 aromatic rings. The van der Waals surface area contributed by atoms with Gasteiger partial charge in [0.1, 0.15) is 5.75 Å². The molecule has 0 spiro atoms. The van der Waals surface area contributed by atoms with Crippen molar-refractivity contribution in [3.63, 3.8) is 0 Å². The molecule has 2 rings (SSSR count). The molecule has 0 aliphatic heterocycles. The number of aromatic nitrogens is 1. The van der Waals surface area contributed by atoms with E-state index in [2.05, 4.69) is 38.6 Å². The van der Waals surface area contributed by atoms with Crippen molar-refractivity contribution < 1.29 is 4.74 Å². The summed E-state index contributed by atoms with van der Waals surface area (Å²) in [4.78, 5) is 11.0. The highest BCUT2D eigenvalue weighted by Gasteiger charge is 2.10. The number of benzene rings is 1. The summed E-state index contributed by atoms with van der Waals surface area (Å²) < 4.78 is 5.41. The molecule has 1 aromatic carbocycles. The van der Waals surface area contributed by atoms with Crippen LogP contribution in [0.2, 0.25) is 0 Å². The van der Waals surface area contributed by atoms with Crippen LogP contribution in [0.4, 0.5) is 0 Å². The summed E-state index contributed by atoms with van der Waals surface area (Å²) in [7, 11) is 5.50. The van der Waals surface area contributed by atoms with Crippen LogP contribution < -0.4 is 10.1 Å². The van der Waals surface area contributed by atoms with Crippen LogP contribution in [-0.4, -0.2) is 37.0 Å². The maximum absolute atomic E-state index is 5.41. The molecule has 0 aliphatic carbocycles. The number of para-hydroxylation sites is 1. The molecule has 0 fully saturated rings. The Morgan fingerprint density at radius 2 is 2.12 bits per heavy atom. The van der Waals surface area contributed by atoms with E-state index in [4.69, 9.17) is 4.74 Å². The second-order valence-corrected chi connectivity index (χ2v) is 6.10. The van der Waals surface area contributed by atoms with E-state index in [9.17, 15) is 0 Å². The van der Waals surface area contributed by atoms with E-state index in [1.807, 2.05) is 25.2 Å². The van der Waals surface area contributed by atoms with Crippen molar-refractivity contribution in [2.45, 2.75) is 26.4 Å². The first-order chi connectivity index (χ1) is 11.2. The molecule has 1 heterocycles. The molecule has 0 aliphatic rings. The van der Waals surface area contributed by atoms with Gasteiger partial charge in [0.05, 0.1) is 24.4 Å². The second-order valence-electron chi connectivity index (χ2n) is 5.15. The number of aryl methyl sites for hydroxylation is 1. The number of nitrogens with one attached hydrogen (secondary N) is 1. The summed E-state index contributed by atoms with van der Waals surface area (Å²) in [6.45, 7) is 3.52. The zero-order valence-electron chi connectivity index (χ0n) is 14.6. The van der Waals surface area contributed by atoms with E-state index >= 15 is 0 Å². The molecule has 24 heavy (non-hydrogen) atoms. The predicted octanol–water partition coefficient (Wildman–Crippen LogP) is 3.54. The molecule has 0 radical (unpaired) electrons. The van der Waals surface area contributed by atoms with Gasteiger partial charge in [0.15, 0.2) is 5.96 Å². The molecule has 0 unspecified atom stereocenters. The number of guanidine groups is 1. The minimum absolute atomic E-state index is 0. The van der Waals surface area contributed by atoms with Gasteiger partial charge in [-0.2, -0.15) is 0 Å². The molecule has 0 saturated heterocycles. The Labute approximate surface area is 165 Å². The van der Waals surface area contributed by atoms with Gasteiger partial charge in [-0.25, -0.2) is 4.98 Å². The van der Waals surface area contributed by atoms with E-state index in [1.165, 1.54) is 5.01 Å². The molecule has 0 bridgehead atoms. The summed E-state index contributed by atoms with van der Waals surface area (Å²) in [5.74, 6) is 1.73. The third-order valence-electron chi connectivity index (χ3n) is 3.50. The van der Waals surface area contributed by atoms with Gasteiger partial charge >= 0.3 is 0 Å². The van der Waals surface area contributed by atoms with Crippen LogP contribution in [0.5, 0.6) is 5.75 Å². The summed E-state index contributed by atoms with van der Waals surface area (Å²) in [5, 5.41) is 6.62. The number of rotatable bonds is 6. The van der Waals surface area contributed by atoms with Crippen LogP contribution in [0.15, 0.2) is 34.6 Å². The van der Waals surface area contributed by atoms with Crippen molar-refractivity contribution >= 4 is 41.3 Å². The Hall–Kier alpha value is -1.35. The van der Waals surface area contributed by atoms with Gasteiger partial charge in [0.25, 0.3) is 0 Å². The summed E-state index contributed by atoms with van der Waals surface area (Å²) in [6.07, 6.45) is 0.979. The molecule has 0 atom stereocenters. The number of thiazole rings is 1. The van der Waals surface area contributed by atoms with Crippen molar-refractivity contribution in [2.75, 3.05) is 21.2 Å². The van der Waals surface area contributed by atoms with Crippen LogP contribution in [0.3, 0.4) is 0 Å². The average Bonchev–Trinajstić information content (AvgIpc) is 3.04. The Morgan fingerprint density at radius 3 is 2.75 bits per heavy atom. The fourth-order valence-electron chi connectivity index (χ4n) is 2.31. The van der Waals surface area contributed by atoms with Crippen LogP contribution >= 0.6 is 35.3 Å². The molecule has 1 N–H and O–H groups in total. The maximum Gasteiger partial charge on any atom is 0.194 e.